The van der Waals surface area contributed by atoms with Crippen molar-refractivity contribution in [1.29, 1.82) is 5.26 Å². The van der Waals surface area contributed by atoms with Gasteiger partial charge in [-0.05, 0) is 32.1 Å². The van der Waals surface area contributed by atoms with Crippen LogP contribution in [0.4, 0.5) is 0 Å². The zero-order chi connectivity index (χ0) is 14.7. The van der Waals surface area contributed by atoms with Gasteiger partial charge in [0.2, 0.25) is 5.91 Å². The minimum Gasteiger partial charge on any atom is -0.325 e. The number of likely N-dealkylation sites (tertiary alicyclic amines) is 1. The summed E-state index contributed by atoms with van der Waals surface area (Å²) in [5, 5.41) is 16.2. The highest BCUT2D eigenvalue weighted by molar-refractivity contribution is 5.83. The van der Waals surface area contributed by atoms with Gasteiger partial charge in [0.25, 0.3) is 0 Å². The second-order valence-corrected chi connectivity index (χ2v) is 6.71. The van der Waals surface area contributed by atoms with E-state index >= 15 is 0 Å². The summed E-state index contributed by atoms with van der Waals surface area (Å²) in [6.07, 6.45) is 9.24. The van der Waals surface area contributed by atoms with Crippen molar-refractivity contribution in [1.82, 2.24) is 15.5 Å². The summed E-state index contributed by atoms with van der Waals surface area (Å²) >= 11 is 0. The van der Waals surface area contributed by atoms with Crippen molar-refractivity contribution in [3.05, 3.63) is 0 Å². The van der Waals surface area contributed by atoms with Gasteiger partial charge in [0.1, 0.15) is 6.04 Å². The molecule has 2 saturated heterocycles. The van der Waals surface area contributed by atoms with Crippen molar-refractivity contribution in [3.8, 4) is 6.07 Å². The summed E-state index contributed by atoms with van der Waals surface area (Å²) in [4.78, 5) is 14.3. The number of carbonyl (C=O) groups excluding carboxylic acids is 1. The minimum absolute atomic E-state index is 0.0972. The van der Waals surface area contributed by atoms with Gasteiger partial charge in [-0.3, -0.25) is 4.79 Å². The highest BCUT2D eigenvalue weighted by atomic mass is 16.2. The van der Waals surface area contributed by atoms with E-state index in [1.54, 1.807) is 4.90 Å². The van der Waals surface area contributed by atoms with Crippen LogP contribution in [0.5, 0.6) is 0 Å². The standard InChI is InChI=1S/C16H26N4O/c17-10-14-7-4-8-20(14)16(21)15-9-13(11-18-15)19-12-5-2-1-3-6-12/h12-15,18-19H,1-9,11H2/t13?,14-,15?/m0/s1. The van der Waals surface area contributed by atoms with E-state index in [2.05, 4.69) is 16.7 Å². The van der Waals surface area contributed by atoms with Crippen LogP contribution in [0.2, 0.25) is 0 Å². The van der Waals surface area contributed by atoms with Crippen LogP contribution in [0.1, 0.15) is 51.4 Å². The largest absolute Gasteiger partial charge is 0.325 e. The first-order valence-electron chi connectivity index (χ1n) is 8.47. The SMILES string of the molecule is N#C[C@@H]1CCCN1C(=O)C1CC(NC2CCCCC2)CN1. The first-order valence-corrected chi connectivity index (χ1v) is 8.47. The number of nitriles is 1. The number of hydrogen-bond donors (Lipinski definition) is 2. The third kappa shape index (κ3) is 3.38. The molecule has 0 aromatic rings. The van der Waals surface area contributed by atoms with Crippen molar-refractivity contribution < 1.29 is 4.79 Å². The summed E-state index contributed by atoms with van der Waals surface area (Å²) in [6, 6.07) is 3.00. The Hall–Kier alpha value is -1.12. The number of amides is 1. The normalized spacial score (nSPS) is 34.0. The molecule has 1 amide bonds. The Morgan fingerprint density at radius 1 is 1.14 bits per heavy atom. The van der Waals surface area contributed by atoms with E-state index in [1.165, 1.54) is 32.1 Å². The van der Waals surface area contributed by atoms with Gasteiger partial charge in [-0.2, -0.15) is 5.26 Å². The number of nitrogens with zero attached hydrogens (tertiary/aromatic N) is 2. The molecular weight excluding hydrogens is 264 g/mol. The van der Waals surface area contributed by atoms with Crippen LogP contribution < -0.4 is 10.6 Å². The van der Waals surface area contributed by atoms with Crippen LogP contribution in [0, 0.1) is 11.3 Å². The summed E-state index contributed by atoms with van der Waals surface area (Å²) in [5.41, 5.74) is 0. The van der Waals surface area contributed by atoms with Crippen molar-refractivity contribution in [2.45, 2.75) is 75.5 Å². The zero-order valence-electron chi connectivity index (χ0n) is 12.7. The molecule has 0 spiro atoms. The molecular formula is C16H26N4O. The van der Waals surface area contributed by atoms with Gasteiger partial charge >= 0.3 is 0 Å². The third-order valence-corrected chi connectivity index (χ3v) is 5.19. The second kappa shape index (κ2) is 6.76. The fraction of sp³-hybridized carbons (Fsp3) is 0.875. The summed E-state index contributed by atoms with van der Waals surface area (Å²) in [7, 11) is 0. The first kappa shape index (κ1) is 14.8. The van der Waals surface area contributed by atoms with Crippen molar-refractivity contribution in [2.75, 3.05) is 13.1 Å². The molecule has 2 unspecified atom stereocenters. The van der Waals surface area contributed by atoms with E-state index in [4.69, 9.17) is 5.26 Å². The van der Waals surface area contributed by atoms with Gasteiger partial charge in [-0.15, -0.1) is 0 Å². The van der Waals surface area contributed by atoms with Crippen molar-refractivity contribution >= 4 is 5.91 Å². The van der Waals surface area contributed by atoms with E-state index in [9.17, 15) is 4.79 Å². The Morgan fingerprint density at radius 3 is 2.71 bits per heavy atom. The third-order valence-electron chi connectivity index (χ3n) is 5.19. The van der Waals surface area contributed by atoms with Gasteiger partial charge in [0, 0.05) is 25.2 Å². The number of carbonyl (C=O) groups is 1. The number of nitrogens with one attached hydrogen (secondary N) is 2. The molecule has 2 aliphatic heterocycles. The molecule has 2 N–H and O–H groups in total. The Labute approximate surface area is 127 Å². The van der Waals surface area contributed by atoms with Crippen molar-refractivity contribution in [3.63, 3.8) is 0 Å². The van der Waals surface area contributed by atoms with Gasteiger partial charge in [0.05, 0.1) is 12.1 Å². The maximum Gasteiger partial charge on any atom is 0.240 e. The van der Waals surface area contributed by atoms with E-state index in [1.807, 2.05) is 0 Å². The molecule has 3 fully saturated rings. The van der Waals surface area contributed by atoms with E-state index < -0.39 is 0 Å². The molecule has 1 aliphatic carbocycles. The molecule has 0 aromatic heterocycles. The second-order valence-electron chi connectivity index (χ2n) is 6.71. The fourth-order valence-corrected chi connectivity index (χ4v) is 4.02. The Balaban J connectivity index is 1.49. The van der Waals surface area contributed by atoms with Gasteiger partial charge in [-0.1, -0.05) is 19.3 Å². The lowest BCUT2D eigenvalue weighted by Crippen LogP contribution is -2.45. The van der Waals surface area contributed by atoms with E-state index in [0.717, 1.165) is 32.4 Å². The lowest BCUT2D eigenvalue weighted by molar-refractivity contribution is -0.133. The van der Waals surface area contributed by atoms with E-state index in [0.29, 0.717) is 12.1 Å². The minimum atomic E-state index is -0.204. The molecule has 0 bridgehead atoms. The monoisotopic (exact) mass is 290 g/mol. The van der Waals surface area contributed by atoms with Crippen LogP contribution >= 0.6 is 0 Å². The predicted molar refractivity (Wildman–Crippen MR) is 80.6 cm³/mol. The maximum absolute atomic E-state index is 12.5. The Morgan fingerprint density at radius 2 is 1.95 bits per heavy atom. The molecule has 2 heterocycles. The molecule has 3 rings (SSSR count). The molecule has 0 radical (unpaired) electrons. The lowest BCUT2D eigenvalue weighted by atomic mass is 9.94. The number of hydrogen-bond acceptors (Lipinski definition) is 4. The quantitative estimate of drug-likeness (QED) is 0.818. The van der Waals surface area contributed by atoms with E-state index in [-0.39, 0.29) is 18.0 Å². The molecule has 0 aromatic carbocycles. The lowest BCUT2D eigenvalue weighted by Gasteiger charge is -2.26. The molecule has 5 heteroatoms. The summed E-state index contributed by atoms with van der Waals surface area (Å²) < 4.78 is 0. The van der Waals surface area contributed by atoms with Gasteiger partial charge in [0.15, 0.2) is 0 Å². The van der Waals surface area contributed by atoms with Gasteiger partial charge in [-0.25, -0.2) is 0 Å². The molecule has 116 valence electrons. The number of rotatable bonds is 3. The summed E-state index contributed by atoms with van der Waals surface area (Å²) in [5.74, 6) is 0.131. The average molecular weight is 290 g/mol. The first-order chi connectivity index (χ1) is 10.3. The zero-order valence-corrected chi connectivity index (χ0v) is 12.7. The Bertz CT molecular complexity index is 413. The molecule has 3 atom stereocenters. The van der Waals surface area contributed by atoms with Crippen LogP contribution in [0.25, 0.3) is 0 Å². The topological polar surface area (TPSA) is 68.2 Å². The van der Waals surface area contributed by atoms with Crippen LogP contribution in [0.3, 0.4) is 0 Å². The average Bonchev–Trinajstić information content (AvgIpc) is 3.16. The van der Waals surface area contributed by atoms with Crippen molar-refractivity contribution in [2.24, 2.45) is 0 Å². The van der Waals surface area contributed by atoms with Crippen LogP contribution in [-0.2, 0) is 4.79 Å². The van der Waals surface area contributed by atoms with Gasteiger partial charge < -0.3 is 15.5 Å². The molecule has 21 heavy (non-hydrogen) atoms. The molecule has 3 aliphatic rings. The van der Waals surface area contributed by atoms with Crippen LogP contribution in [0.15, 0.2) is 0 Å². The maximum atomic E-state index is 12.5. The predicted octanol–water partition coefficient (Wildman–Crippen LogP) is 1.15. The highest BCUT2D eigenvalue weighted by Gasteiger charge is 2.37. The fourth-order valence-electron chi connectivity index (χ4n) is 4.02. The van der Waals surface area contributed by atoms with Crippen LogP contribution in [-0.4, -0.2) is 48.1 Å². The summed E-state index contributed by atoms with van der Waals surface area (Å²) in [6.45, 7) is 1.62. The molecule has 1 saturated carbocycles. The highest BCUT2D eigenvalue weighted by Crippen LogP contribution is 2.22. The Kier molecular flexibility index (Phi) is 4.77. The molecule has 5 nitrogen and oxygen atoms in total. The smallest absolute Gasteiger partial charge is 0.240 e.